The van der Waals surface area contributed by atoms with Crippen molar-refractivity contribution in [3.05, 3.63) is 29.2 Å². The van der Waals surface area contributed by atoms with Gasteiger partial charge in [-0.15, -0.1) is 0 Å². The molecule has 1 spiro atoms. The lowest BCUT2D eigenvalue weighted by Crippen LogP contribution is -2.38. The van der Waals surface area contributed by atoms with Crippen LogP contribution in [0.15, 0.2) is 18.3 Å². The van der Waals surface area contributed by atoms with Crippen LogP contribution in [-0.2, 0) is 0 Å². The quantitative estimate of drug-likeness (QED) is 0.539. The molecule has 0 unspecified atom stereocenters. The smallest absolute Gasteiger partial charge is 0.279 e. The number of aliphatic hydroxyl groups excluding tert-OH is 1. The SMILES string of the molecule is COc1cc(Cl)nc(NC(=O)c2ncc(NC(C)(C)CO)nc2N2CCC3(CC2)CC3)c1. The van der Waals surface area contributed by atoms with E-state index in [-0.39, 0.29) is 23.3 Å². The van der Waals surface area contributed by atoms with Gasteiger partial charge in [0.2, 0.25) is 0 Å². The molecule has 1 saturated heterocycles. The maximum absolute atomic E-state index is 13.2. The number of nitrogens with one attached hydrogen (secondary N) is 2. The van der Waals surface area contributed by atoms with Crippen LogP contribution in [0.5, 0.6) is 5.75 Å². The van der Waals surface area contributed by atoms with Crippen molar-refractivity contribution in [3.63, 3.8) is 0 Å². The topological polar surface area (TPSA) is 112 Å². The zero-order valence-electron chi connectivity index (χ0n) is 18.6. The highest BCUT2D eigenvalue weighted by Crippen LogP contribution is 2.54. The summed E-state index contributed by atoms with van der Waals surface area (Å²) in [4.78, 5) is 28.6. The maximum atomic E-state index is 13.2. The van der Waals surface area contributed by atoms with E-state index in [0.717, 1.165) is 25.9 Å². The Bertz CT molecular complexity index is 1000. The zero-order chi connectivity index (χ0) is 22.9. The molecular formula is C22H29ClN6O3. The molecule has 2 aromatic heterocycles. The molecule has 0 aromatic carbocycles. The first-order valence-corrected chi connectivity index (χ1v) is 11.1. The summed E-state index contributed by atoms with van der Waals surface area (Å²) < 4.78 is 5.20. The number of halogens is 1. The highest BCUT2D eigenvalue weighted by atomic mass is 35.5. The third-order valence-corrected chi connectivity index (χ3v) is 6.35. The highest BCUT2D eigenvalue weighted by Gasteiger charge is 2.45. The largest absolute Gasteiger partial charge is 0.497 e. The lowest BCUT2D eigenvalue weighted by molar-refractivity contribution is 0.102. The highest BCUT2D eigenvalue weighted by molar-refractivity contribution is 6.29. The van der Waals surface area contributed by atoms with E-state index in [0.29, 0.717) is 22.8 Å². The first kappa shape index (κ1) is 22.5. The van der Waals surface area contributed by atoms with Gasteiger partial charge < -0.3 is 25.4 Å². The number of ether oxygens (including phenoxy) is 1. The number of hydrogen-bond donors (Lipinski definition) is 3. The summed E-state index contributed by atoms with van der Waals surface area (Å²) in [5.74, 6) is 1.36. The second-order valence-corrected chi connectivity index (χ2v) is 9.64. The molecule has 1 saturated carbocycles. The van der Waals surface area contributed by atoms with Crippen LogP contribution in [0, 0.1) is 5.41 Å². The third-order valence-electron chi connectivity index (χ3n) is 6.16. The van der Waals surface area contributed by atoms with Crippen molar-refractivity contribution < 1.29 is 14.6 Å². The predicted octanol–water partition coefficient (Wildman–Crippen LogP) is 3.35. The van der Waals surface area contributed by atoms with Crippen LogP contribution in [0.3, 0.4) is 0 Å². The maximum Gasteiger partial charge on any atom is 0.279 e. The number of aliphatic hydroxyl groups is 1. The molecule has 1 aliphatic carbocycles. The van der Waals surface area contributed by atoms with Crippen molar-refractivity contribution in [2.24, 2.45) is 5.41 Å². The van der Waals surface area contributed by atoms with E-state index >= 15 is 0 Å². The van der Waals surface area contributed by atoms with E-state index in [1.54, 1.807) is 12.1 Å². The Labute approximate surface area is 192 Å². The Balaban J connectivity index is 1.62. The van der Waals surface area contributed by atoms with Crippen molar-refractivity contribution in [3.8, 4) is 5.75 Å². The number of aromatic nitrogens is 3. The number of carbonyl (C=O) groups is 1. The lowest BCUT2D eigenvalue weighted by Gasteiger charge is -2.34. The van der Waals surface area contributed by atoms with Gasteiger partial charge in [-0.05, 0) is 44.9 Å². The molecular weight excluding hydrogens is 432 g/mol. The van der Waals surface area contributed by atoms with Crippen LogP contribution in [0.2, 0.25) is 5.15 Å². The summed E-state index contributed by atoms with van der Waals surface area (Å²) in [5.41, 5.74) is 0.129. The van der Waals surface area contributed by atoms with Crippen LogP contribution in [0.25, 0.3) is 0 Å². The standard InChI is InChI=1S/C22H29ClN6O3/c1-21(2,13-30)28-17-12-24-18(19(26-17)29-8-6-22(4-5-22)7-9-29)20(31)27-16-11-14(32-3)10-15(23)25-16/h10-12,30H,4-9,13H2,1-3H3,(H,26,28)(H,25,27,31). The third kappa shape index (κ3) is 5.05. The number of methoxy groups -OCH3 is 1. The van der Waals surface area contributed by atoms with Crippen molar-refractivity contribution >= 4 is 35.0 Å². The minimum Gasteiger partial charge on any atom is -0.497 e. The van der Waals surface area contributed by atoms with Gasteiger partial charge in [0.1, 0.15) is 22.5 Å². The minimum absolute atomic E-state index is 0.0687. The van der Waals surface area contributed by atoms with E-state index in [9.17, 15) is 9.90 Å². The average Bonchev–Trinajstić information content (AvgIpc) is 3.52. The molecule has 2 aliphatic rings. The van der Waals surface area contributed by atoms with E-state index in [1.165, 1.54) is 26.1 Å². The van der Waals surface area contributed by atoms with Crippen molar-refractivity contribution in [1.29, 1.82) is 0 Å². The Hall–Kier alpha value is -2.65. The predicted molar refractivity (Wildman–Crippen MR) is 124 cm³/mol. The minimum atomic E-state index is -0.572. The van der Waals surface area contributed by atoms with E-state index < -0.39 is 11.4 Å². The fourth-order valence-corrected chi connectivity index (χ4v) is 4.11. The molecule has 32 heavy (non-hydrogen) atoms. The van der Waals surface area contributed by atoms with Gasteiger partial charge in [-0.2, -0.15) is 0 Å². The number of pyridine rings is 1. The van der Waals surface area contributed by atoms with Crippen LogP contribution in [-0.4, -0.2) is 58.3 Å². The monoisotopic (exact) mass is 460 g/mol. The lowest BCUT2D eigenvalue weighted by atomic mass is 9.93. The van der Waals surface area contributed by atoms with E-state index in [1.807, 2.05) is 13.8 Å². The van der Waals surface area contributed by atoms with E-state index in [4.69, 9.17) is 21.3 Å². The second-order valence-electron chi connectivity index (χ2n) is 9.25. The van der Waals surface area contributed by atoms with Gasteiger partial charge in [-0.25, -0.2) is 15.0 Å². The van der Waals surface area contributed by atoms with Gasteiger partial charge in [-0.1, -0.05) is 11.6 Å². The summed E-state index contributed by atoms with van der Waals surface area (Å²) in [7, 11) is 1.52. The van der Waals surface area contributed by atoms with Gasteiger partial charge in [-0.3, -0.25) is 4.79 Å². The molecule has 0 bridgehead atoms. The molecule has 3 N–H and O–H groups in total. The molecule has 9 nitrogen and oxygen atoms in total. The van der Waals surface area contributed by atoms with Gasteiger partial charge in [0.25, 0.3) is 5.91 Å². The Kier molecular flexibility index (Phi) is 6.13. The first-order chi connectivity index (χ1) is 15.2. The summed E-state index contributed by atoms with van der Waals surface area (Å²) in [5, 5.41) is 15.8. The molecule has 0 radical (unpaired) electrons. The second kappa shape index (κ2) is 8.71. The molecule has 1 aliphatic heterocycles. The number of piperidine rings is 1. The molecule has 0 atom stereocenters. The van der Waals surface area contributed by atoms with Crippen molar-refractivity contribution in [1.82, 2.24) is 15.0 Å². The molecule has 2 aromatic rings. The molecule has 1 amide bonds. The Morgan fingerprint density at radius 3 is 2.56 bits per heavy atom. The fraction of sp³-hybridized carbons (Fsp3) is 0.545. The van der Waals surface area contributed by atoms with Crippen LogP contribution in [0.1, 0.15) is 50.0 Å². The van der Waals surface area contributed by atoms with Crippen molar-refractivity contribution in [2.75, 3.05) is 42.3 Å². The van der Waals surface area contributed by atoms with Gasteiger partial charge in [0.05, 0.1) is 25.5 Å². The normalized spacial score (nSPS) is 17.2. The van der Waals surface area contributed by atoms with Crippen LogP contribution in [0.4, 0.5) is 17.5 Å². The molecule has 2 fully saturated rings. The van der Waals surface area contributed by atoms with Gasteiger partial charge in [0.15, 0.2) is 11.5 Å². The number of amides is 1. The molecule has 172 valence electrons. The fourth-order valence-electron chi connectivity index (χ4n) is 3.91. The molecule has 3 heterocycles. The zero-order valence-corrected chi connectivity index (χ0v) is 19.4. The number of carbonyl (C=O) groups excluding carboxylic acids is 1. The first-order valence-electron chi connectivity index (χ1n) is 10.8. The summed E-state index contributed by atoms with van der Waals surface area (Å²) in [6.45, 7) is 5.31. The summed E-state index contributed by atoms with van der Waals surface area (Å²) in [6, 6.07) is 3.15. The Morgan fingerprint density at radius 2 is 1.94 bits per heavy atom. The van der Waals surface area contributed by atoms with Crippen molar-refractivity contribution in [2.45, 2.75) is 45.1 Å². The number of rotatable bonds is 7. The molecule has 4 rings (SSSR count). The molecule has 10 heteroatoms. The number of nitrogens with zero attached hydrogens (tertiary/aromatic N) is 4. The average molecular weight is 461 g/mol. The van der Waals surface area contributed by atoms with Gasteiger partial charge >= 0.3 is 0 Å². The van der Waals surface area contributed by atoms with Crippen LogP contribution >= 0.6 is 11.6 Å². The Morgan fingerprint density at radius 1 is 1.22 bits per heavy atom. The van der Waals surface area contributed by atoms with Gasteiger partial charge in [0, 0.05) is 25.2 Å². The van der Waals surface area contributed by atoms with E-state index in [2.05, 4.69) is 25.5 Å². The number of hydrogen-bond acceptors (Lipinski definition) is 8. The number of anilines is 3. The summed E-state index contributed by atoms with van der Waals surface area (Å²) >= 11 is 6.03. The summed E-state index contributed by atoms with van der Waals surface area (Å²) in [6.07, 6.45) is 6.25. The van der Waals surface area contributed by atoms with Crippen LogP contribution < -0.4 is 20.3 Å².